The molecule has 0 saturated heterocycles. The lowest BCUT2D eigenvalue weighted by Crippen LogP contribution is -2.10. The highest BCUT2D eigenvalue weighted by atomic mass is 32.1. The van der Waals surface area contributed by atoms with E-state index in [0.717, 1.165) is 32.3 Å². The molecule has 0 aliphatic heterocycles. The largest absolute Gasteiger partial charge is 0.316 e. The fourth-order valence-corrected chi connectivity index (χ4v) is 3.38. The van der Waals surface area contributed by atoms with Crippen molar-refractivity contribution in [2.75, 3.05) is 7.05 Å². The molecule has 0 fully saturated rings. The normalized spacial score (nSPS) is 11.2. The van der Waals surface area contributed by atoms with Crippen LogP contribution in [0.3, 0.4) is 0 Å². The Morgan fingerprint density at radius 3 is 2.67 bits per heavy atom. The van der Waals surface area contributed by atoms with Crippen molar-refractivity contribution >= 4 is 31.5 Å². The molecule has 0 saturated carbocycles. The van der Waals surface area contributed by atoms with Crippen LogP contribution in [0.25, 0.3) is 20.2 Å². The second-order valence-corrected chi connectivity index (χ2v) is 5.33. The Hall–Kier alpha value is -1.71. The average molecular weight is 255 g/mol. The van der Waals surface area contributed by atoms with Crippen molar-refractivity contribution in [2.24, 2.45) is 0 Å². The Bertz CT molecular complexity index is 776. The maximum absolute atomic E-state index is 12.6. The Labute approximate surface area is 109 Å². The minimum Gasteiger partial charge on any atom is -0.316 e. The lowest BCUT2D eigenvalue weighted by molar-refractivity contribution is 0.823. The molecule has 18 heavy (non-hydrogen) atoms. The van der Waals surface area contributed by atoms with E-state index in [4.69, 9.17) is 0 Å². The first kappa shape index (κ1) is 11.4. The molecule has 0 spiro atoms. The second kappa shape index (κ2) is 4.52. The Balaban J connectivity index is 2.49. The maximum atomic E-state index is 12.6. The van der Waals surface area contributed by atoms with Gasteiger partial charge in [-0.1, -0.05) is 24.3 Å². The van der Waals surface area contributed by atoms with Gasteiger partial charge < -0.3 is 5.32 Å². The van der Waals surface area contributed by atoms with Crippen LogP contribution in [0.4, 0.5) is 0 Å². The summed E-state index contributed by atoms with van der Waals surface area (Å²) in [5.74, 6) is 0. The fraction of sp³-hybridized carbons (Fsp3) is 0.133. The predicted octanol–water partition coefficient (Wildman–Crippen LogP) is 3.13. The minimum absolute atomic E-state index is 0.144. The number of benzene rings is 2. The summed E-state index contributed by atoms with van der Waals surface area (Å²) in [6.07, 6.45) is 0. The van der Waals surface area contributed by atoms with E-state index in [9.17, 15) is 4.79 Å². The van der Waals surface area contributed by atoms with Gasteiger partial charge in [-0.05, 0) is 30.8 Å². The standard InChI is InChI=1S/C15H13NOS/c1-16-9-10-5-4-8-13-14(10)15(17)11-6-2-3-7-12(11)18-13/h2-8,16H,9H2,1H3. The van der Waals surface area contributed by atoms with Crippen LogP contribution in [0.15, 0.2) is 47.3 Å². The SMILES string of the molecule is CNCc1cccc2sc3ccccc3c(=O)c12. The number of nitrogens with one attached hydrogen (secondary N) is 1. The molecule has 3 aromatic rings. The van der Waals surface area contributed by atoms with Crippen LogP contribution >= 0.6 is 11.3 Å². The highest BCUT2D eigenvalue weighted by Crippen LogP contribution is 2.26. The number of hydrogen-bond donors (Lipinski definition) is 1. The van der Waals surface area contributed by atoms with Gasteiger partial charge >= 0.3 is 0 Å². The van der Waals surface area contributed by atoms with Crippen LogP contribution in [0.2, 0.25) is 0 Å². The van der Waals surface area contributed by atoms with Gasteiger partial charge in [0, 0.05) is 26.7 Å². The van der Waals surface area contributed by atoms with Gasteiger partial charge in [0.25, 0.3) is 0 Å². The fourth-order valence-electron chi connectivity index (χ4n) is 2.25. The van der Waals surface area contributed by atoms with Crippen molar-refractivity contribution in [3.63, 3.8) is 0 Å². The lowest BCUT2D eigenvalue weighted by Gasteiger charge is -2.06. The molecule has 0 aliphatic rings. The van der Waals surface area contributed by atoms with E-state index in [2.05, 4.69) is 5.32 Å². The monoisotopic (exact) mass is 255 g/mol. The third kappa shape index (κ3) is 1.72. The first-order valence-electron chi connectivity index (χ1n) is 5.89. The first-order chi connectivity index (χ1) is 8.81. The molecule has 1 heterocycles. The highest BCUT2D eigenvalue weighted by Gasteiger charge is 2.08. The summed E-state index contributed by atoms with van der Waals surface area (Å²) in [4.78, 5) is 12.6. The average Bonchev–Trinajstić information content (AvgIpc) is 2.39. The van der Waals surface area contributed by atoms with Crippen molar-refractivity contribution in [2.45, 2.75) is 6.54 Å². The number of rotatable bonds is 2. The van der Waals surface area contributed by atoms with Crippen LogP contribution in [0.5, 0.6) is 0 Å². The summed E-state index contributed by atoms with van der Waals surface area (Å²) in [6, 6.07) is 13.9. The summed E-state index contributed by atoms with van der Waals surface area (Å²) in [5, 5.41) is 4.79. The van der Waals surface area contributed by atoms with Crippen molar-refractivity contribution in [3.8, 4) is 0 Å². The summed E-state index contributed by atoms with van der Waals surface area (Å²) in [7, 11) is 1.90. The zero-order valence-corrected chi connectivity index (χ0v) is 10.9. The van der Waals surface area contributed by atoms with E-state index in [1.165, 1.54) is 0 Å². The molecular formula is C15H13NOS. The van der Waals surface area contributed by atoms with E-state index in [-0.39, 0.29) is 5.43 Å². The zero-order chi connectivity index (χ0) is 12.5. The van der Waals surface area contributed by atoms with Gasteiger partial charge in [0.15, 0.2) is 5.43 Å². The second-order valence-electron chi connectivity index (χ2n) is 4.25. The maximum Gasteiger partial charge on any atom is 0.196 e. The molecule has 0 amide bonds. The lowest BCUT2D eigenvalue weighted by atomic mass is 10.1. The summed E-state index contributed by atoms with van der Waals surface area (Å²) in [6.45, 7) is 0.720. The Morgan fingerprint density at radius 1 is 1.06 bits per heavy atom. The van der Waals surface area contributed by atoms with Crippen molar-refractivity contribution in [1.82, 2.24) is 5.32 Å². The van der Waals surface area contributed by atoms with Crippen molar-refractivity contribution in [3.05, 3.63) is 58.3 Å². The molecule has 0 aliphatic carbocycles. The van der Waals surface area contributed by atoms with Gasteiger partial charge in [0.1, 0.15) is 0 Å². The number of hydrogen-bond acceptors (Lipinski definition) is 3. The van der Waals surface area contributed by atoms with Gasteiger partial charge in [-0.2, -0.15) is 0 Å². The summed E-state index contributed by atoms with van der Waals surface area (Å²) in [5.41, 5.74) is 1.22. The van der Waals surface area contributed by atoms with Gasteiger partial charge in [-0.3, -0.25) is 4.79 Å². The Kier molecular flexibility index (Phi) is 2.86. The first-order valence-corrected chi connectivity index (χ1v) is 6.71. The van der Waals surface area contributed by atoms with Gasteiger partial charge in [0.2, 0.25) is 0 Å². The zero-order valence-electron chi connectivity index (χ0n) is 10.1. The van der Waals surface area contributed by atoms with Crippen LogP contribution in [-0.4, -0.2) is 7.05 Å². The van der Waals surface area contributed by atoms with E-state index in [0.29, 0.717) is 0 Å². The van der Waals surface area contributed by atoms with Crippen molar-refractivity contribution < 1.29 is 0 Å². The van der Waals surface area contributed by atoms with E-state index < -0.39 is 0 Å². The number of fused-ring (bicyclic) bond motifs is 2. The minimum atomic E-state index is 0.144. The molecule has 0 atom stereocenters. The predicted molar refractivity (Wildman–Crippen MR) is 78.4 cm³/mol. The van der Waals surface area contributed by atoms with Crippen LogP contribution in [0, 0.1) is 0 Å². The molecule has 1 aromatic heterocycles. The third-order valence-electron chi connectivity index (χ3n) is 3.06. The van der Waals surface area contributed by atoms with Crippen LogP contribution in [-0.2, 0) is 6.54 Å². The van der Waals surface area contributed by atoms with Crippen LogP contribution < -0.4 is 10.7 Å². The van der Waals surface area contributed by atoms with E-state index in [1.807, 2.05) is 49.5 Å². The highest BCUT2D eigenvalue weighted by molar-refractivity contribution is 7.24. The molecule has 2 aromatic carbocycles. The molecule has 0 bridgehead atoms. The van der Waals surface area contributed by atoms with Gasteiger partial charge in [-0.25, -0.2) is 0 Å². The van der Waals surface area contributed by atoms with Gasteiger partial charge in [-0.15, -0.1) is 11.3 Å². The molecule has 3 heteroatoms. The van der Waals surface area contributed by atoms with E-state index in [1.54, 1.807) is 11.3 Å². The van der Waals surface area contributed by atoms with Crippen molar-refractivity contribution in [1.29, 1.82) is 0 Å². The summed E-state index contributed by atoms with van der Waals surface area (Å²) < 4.78 is 2.11. The molecular weight excluding hydrogens is 242 g/mol. The van der Waals surface area contributed by atoms with E-state index >= 15 is 0 Å². The summed E-state index contributed by atoms with van der Waals surface area (Å²) >= 11 is 1.68. The molecule has 90 valence electrons. The van der Waals surface area contributed by atoms with Crippen LogP contribution in [0.1, 0.15) is 5.56 Å². The quantitative estimate of drug-likeness (QED) is 0.713. The van der Waals surface area contributed by atoms with Gasteiger partial charge in [0.05, 0.1) is 0 Å². The molecule has 2 nitrogen and oxygen atoms in total. The molecule has 1 N–H and O–H groups in total. The Morgan fingerprint density at radius 2 is 1.83 bits per heavy atom. The third-order valence-corrected chi connectivity index (χ3v) is 4.19. The molecule has 3 rings (SSSR count). The topological polar surface area (TPSA) is 29.1 Å². The smallest absolute Gasteiger partial charge is 0.196 e. The molecule has 0 unspecified atom stereocenters. The molecule has 0 radical (unpaired) electrons.